The van der Waals surface area contributed by atoms with Crippen LogP contribution in [-0.4, -0.2) is 50.8 Å². The van der Waals surface area contributed by atoms with Crippen LogP contribution in [0.2, 0.25) is 0 Å². The molecule has 6 heteroatoms. The van der Waals surface area contributed by atoms with E-state index in [4.69, 9.17) is 4.74 Å². The monoisotopic (exact) mass is 312 g/mol. The fraction of sp³-hybridized carbons (Fsp3) is 0.875. The summed E-state index contributed by atoms with van der Waals surface area (Å²) in [6.45, 7) is 6.96. The van der Waals surface area contributed by atoms with Crippen molar-refractivity contribution in [3.8, 4) is 0 Å². The first-order valence-corrected chi connectivity index (χ1v) is 8.60. The SMILES string of the molecule is CCNC(=NCCOC1CCCCCC1)NCCNC(C)=O. The molecule has 0 heterocycles. The van der Waals surface area contributed by atoms with Crippen molar-refractivity contribution in [2.24, 2.45) is 4.99 Å². The Morgan fingerprint density at radius 1 is 1.09 bits per heavy atom. The number of carbonyl (C=O) groups excluding carboxylic acids is 1. The molecule has 0 aromatic carbocycles. The zero-order chi connectivity index (χ0) is 16.0. The third kappa shape index (κ3) is 9.60. The van der Waals surface area contributed by atoms with Crippen LogP contribution in [0, 0.1) is 0 Å². The van der Waals surface area contributed by atoms with E-state index in [9.17, 15) is 4.79 Å². The Balaban J connectivity index is 2.18. The van der Waals surface area contributed by atoms with Crippen LogP contribution in [0.1, 0.15) is 52.4 Å². The van der Waals surface area contributed by atoms with Crippen molar-refractivity contribution in [3.05, 3.63) is 0 Å². The summed E-state index contributed by atoms with van der Waals surface area (Å²) in [5.74, 6) is 0.762. The molecule has 0 radical (unpaired) electrons. The maximum Gasteiger partial charge on any atom is 0.216 e. The Hall–Kier alpha value is -1.30. The van der Waals surface area contributed by atoms with Gasteiger partial charge in [0.05, 0.1) is 19.3 Å². The van der Waals surface area contributed by atoms with E-state index in [-0.39, 0.29) is 5.91 Å². The number of ether oxygens (including phenoxy) is 1. The number of aliphatic imine (C=N–C) groups is 1. The topological polar surface area (TPSA) is 74.8 Å². The molecular weight excluding hydrogens is 280 g/mol. The number of nitrogens with one attached hydrogen (secondary N) is 3. The largest absolute Gasteiger partial charge is 0.376 e. The average molecular weight is 312 g/mol. The summed E-state index contributed by atoms with van der Waals surface area (Å²) in [7, 11) is 0. The van der Waals surface area contributed by atoms with E-state index in [1.165, 1.54) is 45.4 Å². The van der Waals surface area contributed by atoms with Crippen LogP contribution in [0.15, 0.2) is 4.99 Å². The van der Waals surface area contributed by atoms with Crippen LogP contribution < -0.4 is 16.0 Å². The first-order valence-electron chi connectivity index (χ1n) is 8.60. The van der Waals surface area contributed by atoms with Gasteiger partial charge in [0.2, 0.25) is 5.91 Å². The van der Waals surface area contributed by atoms with Gasteiger partial charge in [-0.3, -0.25) is 9.79 Å². The molecule has 1 amide bonds. The molecule has 1 rings (SSSR count). The number of carbonyl (C=O) groups is 1. The van der Waals surface area contributed by atoms with E-state index in [1.807, 2.05) is 6.92 Å². The summed E-state index contributed by atoms with van der Waals surface area (Å²) >= 11 is 0. The molecule has 1 saturated carbocycles. The summed E-state index contributed by atoms with van der Waals surface area (Å²) in [5.41, 5.74) is 0. The lowest BCUT2D eigenvalue weighted by Gasteiger charge is -2.15. The minimum absolute atomic E-state index is 0.0134. The van der Waals surface area contributed by atoms with Gasteiger partial charge in [-0.2, -0.15) is 0 Å². The van der Waals surface area contributed by atoms with Crippen LogP contribution >= 0.6 is 0 Å². The molecule has 6 nitrogen and oxygen atoms in total. The number of hydrogen-bond donors (Lipinski definition) is 3. The first-order chi connectivity index (χ1) is 10.7. The van der Waals surface area contributed by atoms with E-state index in [2.05, 4.69) is 20.9 Å². The molecule has 0 spiro atoms. The maximum atomic E-state index is 10.8. The average Bonchev–Trinajstić information content (AvgIpc) is 2.76. The lowest BCUT2D eigenvalue weighted by atomic mass is 10.1. The molecule has 0 bridgehead atoms. The summed E-state index contributed by atoms with van der Waals surface area (Å²) in [4.78, 5) is 15.3. The van der Waals surface area contributed by atoms with E-state index >= 15 is 0 Å². The Labute approximate surface area is 134 Å². The predicted octanol–water partition coefficient (Wildman–Crippen LogP) is 1.42. The molecule has 0 aromatic heterocycles. The molecule has 3 N–H and O–H groups in total. The zero-order valence-electron chi connectivity index (χ0n) is 14.1. The smallest absolute Gasteiger partial charge is 0.216 e. The van der Waals surface area contributed by atoms with Gasteiger partial charge in [0.15, 0.2) is 5.96 Å². The molecule has 0 atom stereocenters. The van der Waals surface area contributed by atoms with Gasteiger partial charge in [-0.05, 0) is 19.8 Å². The number of amides is 1. The van der Waals surface area contributed by atoms with Gasteiger partial charge in [0.1, 0.15) is 0 Å². The van der Waals surface area contributed by atoms with Gasteiger partial charge in [-0.1, -0.05) is 25.7 Å². The van der Waals surface area contributed by atoms with Crippen molar-refractivity contribution in [2.75, 3.05) is 32.8 Å². The van der Waals surface area contributed by atoms with Gasteiger partial charge in [-0.15, -0.1) is 0 Å². The molecule has 22 heavy (non-hydrogen) atoms. The second-order valence-electron chi connectivity index (χ2n) is 5.65. The molecule has 1 fully saturated rings. The van der Waals surface area contributed by atoms with Crippen LogP contribution in [0.25, 0.3) is 0 Å². The third-order valence-corrected chi connectivity index (χ3v) is 3.65. The standard InChI is InChI=1S/C16H32N4O2/c1-3-17-16(19-11-10-18-14(2)21)20-12-13-22-15-8-6-4-5-7-9-15/h15H,3-13H2,1-2H3,(H,18,21)(H2,17,19,20). The third-order valence-electron chi connectivity index (χ3n) is 3.65. The van der Waals surface area contributed by atoms with E-state index in [0.29, 0.717) is 32.3 Å². The lowest BCUT2D eigenvalue weighted by molar-refractivity contribution is -0.118. The molecule has 128 valence electrons. The van der Waals surface area contributed by atoms with Crippen molar-refractivity contribution in [1.29, 1.82) is 0 Å². The quantitative estimate of drug-likeness (QED) is 0.274. The molecule has 0 aliphatic heterocycles. The molecule has 1 aliphatic carbocycles. The van der Waals surface area contributed by atoms with E-state index in [0.717, 1.165) is 12.5 Å². The second-order valence-corrected chi connectivity index (χ2v) is 5.65. The van der Waals surface area contributed by atoms with E-state index < -0.39 is 0 Å². The molecule has 1 aliphatic rings. The fourth-order valence-corrected chi connectivity index (χ4v) is 2.55. The van der Waals surface area contributed by atoms with Crippen molar-refractivity contribution in [2.45, 2.75) is 58.5 Å². The van der Waals surface area contributed by atoms with Gasteiger partial charge in [0, 0.05) is 26.6 Å². The molecule has 0 aromatic rings. The van der Waals surface area contributed by atoms with Crippen molar-refractivity contribution >= 4 is 11.9 Å². The highest BCUT2D eigenvalue weighted by atomic mass is 16.5. The van der Waals surface area contributed by atoms with Crippen LogP contribution in [-0.2, 0) is 9.53 Å². The predicted molar refractivity (Wildman–Crippen MR) is 90.1 cm³/mol. The van der Waals surface area contributed by atoms with Gasteiger partial charge >= 0.3 is 0 Å². The lowest BCUT2D eigenvalue weighted by Crippen LogP contribution is -2.41. The van der Waals surface area contributed by atoms with Gasteiger partial charge in [-0.25, -0.2) is 0 Å². The fourth-order valence-electron chi connectivity index (χ4n) is 2.55. The zero-order valence-corrected chi connectivity index (χ0v) is 14.1. The molecule has 0 unspecified atom stereocenters. The minimum Gasteiger partial charge on any atom is -0.376 e. The Kier molecular flexibility index (Phi) is 10.5. The summed E-state index contributed by atoms with van der Waals surface area (Å²) in [6, 6.07) is 0. The Morgan fingerprint density at radius 3 is 2.41 bits per heavy atom. The Morgan fingerprint density at radius 2 is 1.77 bits per heavy atom. The van der Waals surface area contributed by atoms with Gasteiger partial charge < -0.3 is 20.7 Å². The van der Waals surface area contributed by atoms with E-state index in [1.54, 1.807) is 0 Å². The van der Waals surface area contributed by atoms with Crippen molar-refractivity contribution in [1.82, 2.24) is 16.0 Å². The number of nitrogens with zero attached hydrogens (tertiary/aromatic N) is 1. The molecule has 0 saturated heterocycles. The van der Waals surface area contributed by atoms with Crippen LogP contribution in [0.5, 0.6) is 0 Å². The summed E-state index contributed by atoms with van der Waals surface area (Å²) in [5, 5.41) is 9.13. The maximum absolute atomic E-state index is 10.8. The van der Waals surface area contributed by atoms with Crippen LogP contribution in [0.4, 0.5) is 0 Å². The minimum atomic E-state index is -0.0134. The van der Waals surface area contributed by atoms with Crippen molar-refractivity contribution < 1.29 is 9.53 Å². The number of hydrogen-bond acceptors (Lipinski definition) is 3. The van der Waals surface area contributed by atoms with Crippen LogP contribution in [0.3, 0.4) is 0 Å². The normalized spacial score (nSPS) is 16.9. The van der Waals surface area contributed by atoms with Crippen molar-refractivity contribution in [3.63, 3.8) is 0 Å². The summed E-state index contributed by atoms with van der Waals surface area (Å²) < 4.78 is 5.93. The second kappa shape index (κ2) is 12.3. The number of guanidine groups is 1. The first kappa shape index (κ1) is 18.7. The highest BCUT2D eigenvalue weighted by Gasteiger charge is 2.11. The Bertz CT molecular complexity index is 326. The summed E-state index contributed by atoms with van der Waals surface area (Å²) in [6.07, 6.45) is 8.09. The molecular formula is C16H32N4O2. The van der Waals surface area contributed by atoms with Gasteiger partial charge in [0.25, 0.3) is 0 Å². The highest BCUT2D eigenvalue weighted by Crippen LogP contribution is 2.19. The number of rotatable bonds is 8. The highest BCUT2D eigenvalue weighted by molar-refractivity contribution is 5.79.